The van der Waals surface area contributed by atoms with Gasteiger partial charge >= 0.3 is 0 Å². The summed E-state index contributed by atoms with van der Waals surface area (Å²) in [5.41, 5.74) is 6.69. The first-order chi connectivity index (χ1) is 8.58. The Balaban J connectivity index is 2.27. The molecule has 2 rings (SSSR count). The zero-order valence-electron chi connectivity index (χ0n) is 9.77. The number of rotatable bonds is 4. The molecule has 1 aromatic heterocycles. The van der Waals surface area contributed by atoms with E-state index in [0.29, 0.717) is 0 Å². The van der Waals surface area contributed by atoms with E-state index in [2.05, 4.69) is 0 Å². The molecule has 0 fully saturated rings. The lowest BCUT2D eigenvalue weighted by molar-refractivity contribution is 0.172. The zero-order valence-corrected chi connectivity index (χ0v) is 10.6. The summed E-state index contributed by atoms with van der Waals surface area (Å²) in [5, 5.41) is 3.77. The Morgan fingerprint density at radius 1 is 1.28 bits per heavy atom. The lowest BCUT2D eigenvalue weighted by atomic mass is 10.1. The van der Waals surface area contributed by atoms with E-state index in [0.717, 1.165) is 23.8 Å². The van der Waals surface area contributed by atoms with Gasteiger partial charge in [0.05, 0.1) is 0 Å². The molecule has 5 heteroatoms. The molecule has 0 amide bonds. The van der Waals surface area contributed by atoms with Crippen LogP contribution in [0.15, 0.2) is 35.0 Å². The molecule has 96 valence electrons. The normalized spacial score (nSPS) is 14.2. The van der Waals surface area contributed by atoms with Crippen LogP contribution in [0.4, 0.5) is 8.78 Å². The zero-order chi connectivity index (χ0) is 13.1. The average molecular weight is 269 g/mol. The van der Waals surface area contributed by atoms with Crippen LogP contribution in [0.5, 0.6) is 5.75 Å². The van der Waals surface area contributed by atoms with Crippen molar-refractivity contribution in [2.75, 3.05) is 0 Å². The molecule has 2 unspecified atom stereocenters. The summed E-state index contributed by atoms with van der Waals surface area (Å²) in [6.07, 6.45) is -0.493. The smallest absolute Gasteiger partial charge is 0.165 e. The highest BCUT2D eigenvalue weighted by Gasteiger charge is 2.20. The number of hydrogen-bond donors (Lipinski definition) is 1. The molecule has 0 saturated heterocycles. The van der Waals surface area contributed by atoms with Crippen molar-refractivity contribution in [3.8, 4) is 5.75 Å². The largest absolute Gasteiger partial charge is 0.481 e. The Hall–Kier alpha value is -1.46. The quantitative estimate of drug-likeness (QED) is 0.922. The van der Waals surface area contributed by atoms with Gasteiger partial charge in [0, 0.05) is 17.7 Å². The van der Waals surface area contributed by atoms with Crippen molar-refractivity contribution in [3.63, 3.8) is 0 Å². The third kappa shape index (κ3) is 2.86. The van der Waals surface area contributed by atoms with Crippen molar-refractivity contribution < 1.29 is 13.5 Å². The number of hydrogen-bond acceptors (Lipinski definition) is 3. The van der Waals surface area contributed by atoms with Crippen molar-refractivity contribution in [1.29, 1.82) is 0 Å². The number of thiophene rings is 1. The van der Waals surface area contributed by atoms with Crippen LogP contribution in [0.3, 0.4) is 0 Å². The maximum Gasteiger partial charge on any atom is 0.165 e. The topological polar surface area (TPSA) is 35.2 Å². The Morgan fingerprint density at radius 3 is 2.67 bits per heavy atom. The second-order valence-corrected chi connectivity index (χ2v) is 4.81. The molecule has 2 N–H and O–H groups in total. The standard InChI is InChI=1S/C13H13F2NOS/c1-8(16)13(9-4-5-18-7-9)17-12-6-10(14)2-3-11(12)15/h2-8,13H,16H2,1H3. The summed E-state index contributed by atoms with van der Waals surface area (Å²) < 4.78 is 32.1. The summed E-state index contributed by atoms with van der Waals surface area (Å²) in [4.78, 5) is 0. The number of ether oxygens (including phenoxy) is 1. The maximum absolute atomic E-state index is 13.5. The molecule has 2 nitrogen and oxygen atoms in total. The van der Waals surface area contributed by atoms with Gasteiger partial charge in [-0.15, -0.1) is 0 Å². The molecule has 1 heterocycles. The van der Waals surface area contributed by atoms with Gasteiger partial charge in [-0.3, -0.25) is 0 Å². The van der Waals surface area contributed by atoms with Crippen LogP contribution in [-0.4, -0.2) is 6.04 Å². The van der Waals surface area contributed by atoms with E-state index in [-0.39, 0.29) is 11.8 Å². The summed E-state index contributed by atoms with van der Waals surface area (Å²) in [5.74, 6) is -1.26. The van der Waals surface area contributed by atoms with Gasteiger partial charge in [-0.25, -0.2) is 8.78 Å². The predicted octanol–water partition coefficient (Wildman–Crippen LogP) is 3.49. The molecule has 0 aliphatic carbocycles. The highest BCUT2D eigenvalue weighted by Crippen LogP contribution is 2.28. The molecule has 18 heavy (non-hydrogen) atoms. The third-order valence-electron chi connectivity index (χ3n) is 2.50. The molecular formula is C13H13F2NOS. The molecule has 1 aromatic carbocycles. The lowest BCUT2D eigenvalue weighted by Gasteiger charge is -2.22. The van der Waals surface area contributed by atoms with Gasteiger partial charge in [0.2, 0.25) is 0 Å². The van der Waals surface area contributed by atoms with E-state index in [1.807, 2.05) is 16.8 Å². The van der Waals surface area contributed by atoms with Crippen LogP contribution in [0.25, 0.3) is 0 Å². The van der Waals surface area contributed by atoms with E-state index in [4.69, 9.17) is 10.5 Å². The number of halogens is 2. The van der Waals surface area contributed by atoms with Crippen molar-refractivity contribution in [1.82, 2.24) is 0 Å². The van der Waals surface area contributed by atoms with Crippen LogP contribution in [0.2, 0.25) is 0 Å². The SMILES string of the molecule is CC(N)C(Oc1cc(F)ccc1F)c1ccsc1. The van der Waals surface area contributed by atoms with E-state index in [9.17, 15) is 8.78 Å². The molecule has 0 radical (unpaired) electrons. The summed E-state index contributed by atoms with van der Waals surface area (Å²) in [6.45, 7) is 1.76. The minimum Gasteiger partial charge on any atom is -0.481 e. The second-order valence-electron chi connectivity index (χ2n) is 4.03. The Morgan fingerprint density at radius 2 is 2.06 bits per heavy atom. The average Bonchev–Trinajstić information content (AvgIpc) is 2.83. The Bertz CT molecular complexity index is 514. The maximum atomic E-state index is 13.5. The molecule has 0 aliphatic heterocycles. The Labute approximate surface area is 108 Å². The lowest BCUT2D eigenvalue weighted by Crippen LogP contribution is -2.29. The van der Waals surface area contributed by atoms with E-state index in [1.54, 1.807) is 6.92 Å². The molecular weight excluding hydrogens is 256 g/mol. The van der Waals surface area contributed by atoms with Crippen LogP contribution in [0.1, 0.15) is 18.6 Å². The molecule has 0 aliphatic rings. The highest BCUT2D eigenvalue weighted by atomic mass is 32.1. The van der Waals surface area contributed by atoms with Gasteiger partial charge < -0.3 is 10.5 Å². The fraction of sp³-hybridized carbons (Fsp3) is 0.231. The second kappa shape index (κ2) is 5.46. The van der Waals surface area contributed by atoms with Crippen LogP contribution in [0, 0.1) is 11.6 Å². The summed E-state index contributed by atoms with van der Waals surface area (Å²) >= 11 is 1.50. The first kappa shape index (κ1) is 13.0. The van der Waals surface area contributed by atoms with Gasteiger partial charge in [-0.2, -0.15) is 11.3 Å². The fourth-order valence-corrected chi connectivity index (χ4v) is 2.30. The first-order valence-corrected chi connectivity index (χ1v) is 6.41. The summed E-state index contributed by atoms with van der Waals surface area (Å²) in [6, 6.07) is 4.64. The molecule has 2 atom stereocenters. The number of benzene rings is 1. The molecule has 0 saturated carbocycles. The highest BCUT2D eigenvalue weighted by molar-refractivity contribution is 7.07. The van der Waals surface area contributed by atoms with Crippen LogP contribution in [-0.2, 0) is 0 Å². The number of nitrogens with two attached hydrogens (primary N) is 1. The first-order valence-electron chi connectivity index (χ1n) is 5.47. The molecule has 2 aromatic rings. The minimum absolute atomic E-state index is 0.122. The van der Waals surface area contributed by atoms with Gasteiger partial charge in [-0.1, -0.05) is 0 Å². The van der Waals surface area contributed by atoms with Crippen molar-refractivity contribution >= 4 is 11.3 Å². The molecule has 0 bridgehead atoms. The van der Waals surface area contributed by atoms with Crippen molar-refractivity contribution in [2.24, 2.45) is 5.73 Å². The summed E-state index contributed by atoms with van der Waals surface area (Å²) in [7, 11) is 0. The van der Waals surface area contributed by atoms with Gasteiger partial charge in [-0.05, 0) is 35.9 Å². The van der Waals surface area contributed by atoms with E-state index >= 15 is 0 Å². The van der Waals surface area contributed by atoms with Gasteiger partial charge in [0.1, 0.15) is 11.9 Å². The van der Waals surface area contributed by atoms with Crippen molar-refractivity contribution in [3.05, 3.63) is 52.2 Å². The van der Waals surface area contributed by atoms with E-state index < -0.39 is 17.7 Å². The predicted molar refractivity (Wildman–Crippen MR) is 67.7 cm³/mol. The minimum atomic E-state index is -0.600. The van der Waals surface area contributed by atoms with Gasteiger partial charge in [0.15, 0.2) is 11.6 Å². The Kier molecular flexibility index (Phi) is 3.93. The fourth-order valence-electron chi connectivity index (χ4n) is 1.62. The van der Waals surface area contributed by atoms with Crippen molar-refractivity contribution in [2.45, 2.75) is 19.1 Å². The van der Waals surface area contributed by atoms with Crippen LogP contribution >= 0.6 is 11.3 Å². The monoisotopic (exact) mass is 269 g/mol. The van der Waals surface area contributed by atoms with Gasteiger partial charge in [0.25, 0.3) is 0 Å². The van der Waals surface area contributed by atoms with E-state index in [1.165, 1.54) is 11.3 Å². The third-order valence-corrected chi connectivity index (χ3v) is 3.20. The molecule has 0 spiro atoms. The van der Waals surface area contributed by atoms with Crippen LogP contribution < -0.4 is 10.5 Å².